The summed E-state index contributed by atoms with van der Waals surface area (Å²) in [5.41, 5.74) is 8.33. The summed E-state index contributed by atoms with van der Waals surface area (Å²) in [6.45, 7) is 0. The van der Waals surface area contributed by atoms with Gasteiger partial charge in [0.2, 0.25) is 31.5 Å². The largest absolute Gasteiger partial charge is 0.281 e. The van der Waals surface area contributed by atoms with Crippen LogP contribution in [0.3, 0.4) is 0 Å². The Bertz CT molecular complexity index is 2790. The Morgan fingerprint density at radius 1 is 0.153 bits per heavy atom. The van der Waals surface area contributed by atoms with Crippen LogP contribution in [0.15, 0.2) is 182 Å². The minimum atomic E-state index is -0.245. The highest BCUT2D eigenvalue weighted by molar-refractivity contribution is 6.64. The summed E-state index contributed by atoms with van der Waals surface area (Å²) in [5, 5.41) is -1.27. The minimum Gasteiger partial charge on any atom is -0.281 e. The lowest BCUT2D eigenvalue weighted by atomic mass is 10.0. The van der Waals surface area contributed by atoms with Crippen molar-refractivity contribution in [2.45, 2.75) is 283 Å². The maximum atomic E-state index is 10.6. The average molecular weight is 1460 g/mol. The fraction of sp³-hybridized carbons (Fsp3) is 0.512. The van der Waals surface area contributed by atoms with Crippen molar-refractivity contribution < 1.29 is 28.8 Å². The molecule has 0 saturated heterocycles. The Labute approximate surface area is 623 Å². The molecule has 6 nitrogen and oxygen atoms in total. The number of hydrogen-bond acceptors (Lipinski definition) is 6. The lowest BCUT2D eigenvalue weighted by molar-refractivity contribution is -0.112. The molecule has 0 N–H and O–H groups in total. The zero-order valence-electron chi connectivity index (χ0n) is 59.2. The van der Waals surface area contributed by atoms with Gasteiger partial charge in [-0.15, -0.1) is 0 Å². The van der Waals surface area contributed by atoms with E-state index in [1.807, 2.05) is 42.5 Å². The zero-order valence-corrected chi connectivity index (χ0v) is 63.7. The third-order valence-electron chi connectivity index (χ3n) is 16.6. The van der Waals surface area contributed by atoms with E-state index >= 15 is 0 Å². The summed E-state index contributed by atoms with van der Waals surface area (Å²) in [4.78, 5) is 62.9. The number of unbranched alkanes of at least 4 members (excludes halogenated alkanes) is 26. The molecule has 6 rings (SSSR count). The van der Waals surface area contributed by atoms with Crippen LogP contribution >= 0.6 is 69.6 Å². The van der Waals surface area contributed by atoms with Gasteiger partial charge in [-0.05, 0) is 212 Å². The second kappa shape index (κ2) is 69.2. The zero-order chi connectivity index (χ0) is 71.3. The molecule has 0 fully saturated rings. The Balaban J connectivity index is 0.000000595. The second-order valence-corrected chi connectivity index (χ2v) is 27.9. The number of benzene rings is 6. The van der Waals surface area contributed by atoms with E-state index in [1.165, 1.54) is 187 Å². The lowest BCUT2D eigenvalue weighted by Gasteiger charge is -2.03. The maximum absolute atomic E-state index is 10.6. The molecule has 0 heterocycles. The summed E-state index contributed by atoms with van der Waals surface area (Å²) >= 11 is 31.5. The highest BCUT2D eigenvalue weighted by Crippen LogP contribution is 2.17. The van der Waals surface area contributed by atoms with E-state index in [0.29, 0.717) is 38.5 Å². The van der Waals surface area contributed by atoms with Gasteiger partial charge in [0.1, 0.15) is 0 Å². The van der Waals surface area contributed by atoms with Crippen LogP contribution in [0.25, 0.3) is 0 Å². The van der Waals surface area contributed by atoms with Crippen molar-refractivity contribution in [3.63, 3.8) is 0 Å². The van der Waals surface area contributed by atoms with E-state index in [-0.39, 0.29) is 31.5 Å². The SMILES string of the molecule is O=C(Cl)CCCCCCCCCCCCCCc1ccccc1.O=C(Cl)CCCCCCCCCc1ccccc1.O=C(Cl)CCCCCCCCc1ccccc1.O=C(Cl)CCCCCCc1ccccc1.O=C(Cl)CCCCc1ccccc1.O=C(Cl)CCCc1ccccc1. The lowest BCUT2D eigenvalue weighted by Crippen LogP contribution is -1.89. The van der Waals surface area contributed by atoms with Crippen molar-refractivity contribution in [1.29, 1.82) is 0 Å². The molecule has 98 heavy (non-hydrogen) atoms. The minimum absolute atomic E-state index is 0.186. The molecule has 0 unspecified atom stereocenters. The topological polar surface area (TPSA) is 102 Å². The van der Waals surface area contributed by atoms with E-state index in [9.17, 15) is 28.8 Å². The molecule has 540 valence electrons. The molecule has 0 spiro atoms. The van der Waals surface area contributed by atoms with E-state index in [0.717, 1.165) is 89.9 Å². The summed E-state index contributed by atoms with van der Waals surface area (Å²) in [7, 11) is 0. The Hall–Kier alpha value is -4.92. The Morgan fingerprint density at radius 3 is 0.429 bits per heavy atom. The van der Waals surface area contributed by atoms with Gasteiger partial charge in [-0.2, -0.15) is 0 Å². The van der Waals surface area contributed by atoms with Gasteiger partial charge in [-0.25, -0.2) is 0 Å². The Morgan fingerprint density at radius 2 is 0.265 bits per heavy atom. The van der Waals surface area contributed by atoms with Crippen molar-refractivity contribution in [3.8, 4) is 0 Å². The van der Waals surface area contributed by atoms with Crippen LogP contribution in [0.2, 0.25) is 0 Å². The highest BCUT2D eigenvalue weighted by Gasteiger charge is 2.03. The van der Waals surface area contributed by atoms with E-state index in [4.69, 9.17) is 69.6 Å². The van der Waals surface area contributed by atoms with Crippen LogP contribution in [-0.2, 0) is 67.3 Å². The van der Waals surface area contributed by atoms with Gasteiger partial charge in [0, 0.05) is 38.5 Å². The fourth-order valence-electron chi connectivity index (χ4n) is 11.0. The molecule has 0 bridgehead atoms. The molecule has 0 aromatic heterocycles. The third-order valence-corrected chi connectivity index (χ3v) is 17.7. The van der Waals surface area contributed by atoms with Crippen molar-refractivity contribution in [2.24, 2.45) is 0 Å². The molecule has 6 aromatic rings. The summed E-state index contributed by atoms with van der Waals surface area (Å²) in [6, 6.07) is 62.9. The standard InChI is InChI=1S/C21H33ClO.C16H23ClO.C15H21ClO.C13H17ClO.C11H13ClO.C10H11ClO/c22-21(23)19-15-10-8-6-4-2-1-3-5-7-9-12-16-20-17-13-11-14-18-20;17-16(18)14-10-5-3-1-2-4-7-11-15-12-8-6-9-13-15;16-15(17)13-9-4-2-1-3-6-10-14-11-7-5-8-12-14;14-13(15)11-7-2-1-4-8-12-9-5-3-6-10-12;12-11(13)9-5-4-8-10-6-2-1-3-7-10;11-10(12)8-4-7-9-5-2-1-3-6-9/h11,13-14,17-18H,1-10,12,15-16,19H2;6,8-9,12-13H,1-5,7,10-11,14H2;5,7-8,11-12H,1-4,6,9-10,13H2;3,5-6,9-10H,1-2,4,7-8,11H2;1-3,6-7H,4-5,8-9H2;1-3,5-6H,4,7-8H2. The van der Waals surface area contributed by atoms with Crippen LogP contribution in [0, 0.1) is 0 Å². The molecule has 0 atom stereocenters. The van der Waals surface area contributed by atoms with Gasteiger partial charge in [0.15, 0.2) is 0 Å². The average Bonchev–Trinajstić information content (AvgIpc) is 3.80. The van der Waals surface area contributed by atoms with Crippen LogP contribution in [0.1, 0.15) is 277 Å². The Kier molecular flexibility index (Phi) is 64.3. The van der Waals surface area contributed by atoms with Gasteiger partial charge >= 0.3 is 0 Å². The molecule has 0 saturated carbocycles. The first kappa shape index (κ1) is 91.1. The van der Waals surface area contributed by atoms with Crippen molar-refractivity contribution in [2.75, 3.05) is 0 Å². The van der Waals surface area contributed by atoms with Gasteiger partial charge in [0.25, 0.3) is 0 Å². The summed E-state index contributed by atoms with van der Waals surface area (Å²) in [6.07, 6.45) is 48.2. The number of aryl methyl sites for hydroxylation is 6. The predicted molar refractivity (Wildman–Crippen MR) is 421 cm³/mol. The summed E-state index contributed by atoms with van der Waals surface area (Å²) in [5.74, 6) is 0. The van der Waals surface area contributed by atoms with Crippen LogP contribution in [-0.4, -0.2) is 31.5 Å². The number of carbonyl (C=O) groups is 6. The normalized spacial score (nSPS) is 10.3. The number of rotatable bonds is 50. The number of halogens is 6. The molecular formula is C86H118Cl6O6. The second-order valence-electron chi connectivity index (χ2n) is 25.4. The van der Waals surface area contributed by atoms with Gasteiger partial charge in [0.05, 0.1) is 0 Å². The highest BCUT2D eigenvalue weighted by atomic mass is 35.5. The quantitative estimate of drug-likeness (QED) is 0.0278. The maximum Gasteiger partial charge on any atom is 0.221 e. The van der Waals surface area contributed by atoms with Gasteiger partial charge in [-0.1, -0.05) is 317 Å². The molecule has 0 aliphatic rings. The van der Waals surface area contributed by atoms with Crippen LogP contribution in [0.5, 0.6) is 0 Å². The van der Waals surface area contributed by atoms with E-state index in [1.54, 1.807) is 0 Å². The molecule has 0 aliphatic carbocycles. The predicted octanol–water partition coefficient (Wildman–Crippen LogP) is 26.8. The molecule has 6 aromatic carbocycles. The van der Waals surface area contributed by atoms with Crippen molar-refractivity contribution in [1.82, 2.24) is 0 Å². The molecular weight excluding hydrogens is 1340 g/mol. The monoisotopic (exact) mass is 1460 g/mol. The van der Waals surface area contributed by atoms with Crippen molar-refractivity contribution in [3.05, 3.63) is 215 Å². The molecule has 12 heteroatoms. The number of hydrogen-bond donors (Lipinski definition) is 0. The third kappa shape index (κ3) is 66.9. The first-order valence-corrected chi connectivity index (χ1v) is 39.3. The molecule has 0 amide bonds. The number of carbonyl (C=O) groups excluding carboxylic acids is 6. The van der Waals surface area contributed by atoms with Crippen LogP contribution < -0.4 is 0 Å². The van der Waals surface area contributed by atoms with E-state index < -0.39 is 0 Å². The van der Waals surface area contributed by atoms with Gasteiger partial charge < -0.3 is 0 Å². The fourth-order valence-corrected chi connectivity index (χ4v) is 11.8. The van der Waals surface area contributed by atoms with Crippen molar-refractivity contribution >= 4 is 101 Å². The van der Waals surface area contributed by atoms with E-state index in [2.05, 4.69) is 140 Å². The smallest absolute Gasteiger partial charge is 0.221 e. The van der Waals surface area contributed by atoms with Gasteiger partial charge in [-0.3, -0.25) is 28.8 Å². The molecule has 0 radical (unpaired) electrons. The summed E-state index contributed by atoms with van der Waals surface area (Å²) < 4.78 is 0. The first-order valence-electron chi connectivity index (χ1n) is 37.1. The first-order chi connectivity index (χ1) is 47.7. The molecule has 0 aliphatic heterocycles. The van der Waals surface area contributed by atoms with Crippen LogP contribution in [0.4, 0.5) is 0 Å².